The lowest BCUT2D eigenvalue weighted by Crippen LogP contribution is -2.37. The quantitative estimate of drug-likeness (QED) is 0.549. The van der Waals surface area contributed by atoms with Crippen molar-refractivity contribution in [3.63, 3.8) is 0 Å². The first-order valence-electron chi connectivity index (χ1n) is 10.2. The minimum absolute atomic E-state index is 0.0265. The Balaban J connectivity index is 1.42. The SMILES string of the molecule is CCOc1ccc(S(=O)(=O)N2CCC(c3nnc(-c4cccc(OC)c4)o3)CC2)cc1. The first kappa shape index (κ1) is 21.3. The molecule has 1 aromatic heterocycles. The van der Waals surface area contributed by atoms with Gasteiger partial charge in [-0.1, -0.05) is 6.07 Å². The second kappa shape index (κ2) is 9.07. The molecule has 0 unspecified atom stereocenters. The summed E-state index contributed by atoms with van der Waals surface area (Å²) in [6, 6.07) is 14.0. The third-order valence-electron chi connectivity index (χ3n) is 5.33. The monoisotopic (exact) mass is 443 g/mol. The molecule has 0 N–H and O–H groups in total. The summed E-state index contributed by atoms with van der Waals surface area (Å²) in [5.41, 5.74) is 0.786. The van der Waals surface area contributed by atoms with Crippen molar-refractivity contribution in [2.75, 3.05) is 26.8 Å². The number of methoxy groups -OCH3 is 1. The van der Waals surface area contributed by atoms with Crippen molar-refractivity contribution < 1.29 is 22.3 Å². The van der Waals surface area contributed by atoms with Crippen LogP contribution in [0.2, 0.25) is 0 Å². The molecule has 3 aromatic rings. The summed E-state index contributed by atoms with van der Waals surface area (Å²) >= 11 is 0. The molecule has 1 saturated heterocycles. The van der Waals surface area contributed by atoms with Crippen LogP contribution in [0, 0.1) is 0 Å². The third-order valence-corrected chi connectivity index (χ3v) is 7.25. The minimum atomic E-state index is -3.55. The summed E-state index contributed by atoms with van der Waals surface area (Å²) in [6.45, 7) is 3.22. The molecule has 8 nitrogen and oxygen atoms in total. The molecule has 0 radical (unpaired) electrons. The van der Waals surface area contributed by atoms with E-state index < -0.39 is 10.0 Å². The number of hydrogen-bond acceptors (Lipinski definition) is 7. The van der Waals surface area contributed by atoms with E-state index in [2.05, 4.69) is 10.2 Å². The molecule has 2 aromatic carbocycles. The third kappa shape index (κ3) is 4.57. The highest BCUT2D eigenvalue weighted by Crippen LogP contribution is 2.32. The van der Waals surface area contributed by atoms with E-state index >= 15 is 0 Å². The maximum Gasteiger partial charge on any atom is 0.247 e. The molecule has 31 heavy (non-hydrogen) atoms. The van der Waals surface area contributed by atoms with E-state index in [0.29, 0.717) is 55.8 Å². The molecule has 0 amide bonds. The van der Waals surface area contributed by atoms with E-state index in [1.807, 2.05) is 31.2 Å². The zero-order valence-corrected chi connectivity index (χ0v) is 18.3. The van der Waals surface area contributed by atoms with Crippen LogP contribution in [0.15, 0.2) is 57.8 Å². The largest absolute Gasteiger partial charge is 0.497 e. The fourth-order valence-electron chi connectivity index (χ4n) is 3.64. The lowest BCUT2D eigenvalue weighted by atomic mass is 9.98. The molecule has 1 aliphatic heterocycles. The summed E-state index contributed by atoms with van der Waals surface area (Å²) in [6.07, 6.45) is 1.24. The van der Waals surface area contributed by atoms with Gasteiger partial charge in [0.2, 0.25) is 21.8 Å². The molecule has 0 atom stereocenters. The average molecular weight is 444 g/mol. The van der Waals surface area contributed by atoms with E-state index in [4.69, 9.17) is 13.9 Å². The van der Waals surface area contributed by atoms with E-state index in [-0.39, 0.29) is 10.8 Å². The van der Waals surface area contributed by atoms with Gasteiger partial charge in [-0.2, -0.15) is 4.31 Å². The number of piperidine rings is 1. The zero-order valence-electron chi connectivity index (χ0n) is 17.5. The standard InChI is InChI=1S/C22H25N3O5S/c1-3-29-18-7-9-20(10-8-18)31(26,27)25-13-11-16(12-14-25)21-23-24-22(30-21)17-5-4-6-19(15-17)28-2/h4-10,15-16H,3,11-14H2,1-2H3. The molecule has 0 aliphatic carbocycles. The van der Waals surface area contributed by atoms with Gasteiger partial charge < -0.3 is 13.9 Å². The van der Waals surface area contributed by atoms with Crippen LogP contribution in [-0.2, 0) is 10.0 Å². The summed E-state index contributed by atoms with van der Waals surface area (Å²) < 4.78 is 44.0. The number of rotatable bonds is 7. The molecule has 164 valence electrons. The Morgan fingerprint density at radius 2 is 1.81 bits per heavy atom. The van der Waals surface area contributed by atoms with Gasteiger partial charge in [0, 0.05) is 24.6 Å². The van der Waals surface area contributed by atoms with Gasteiger partial charge in [0.25, 0.3) is 0 Å². The Morgan fingerprint density at radius 3 is 2.48 bits per heavy atom. The van der Waals surface area contributed by atoms with Crippen molar-refractivity contribution in [1.82, 2.24) is 14.5 Å². The lowest BCUT2D eigenvalue weighted by molar-refractivity contribution is 0.291. The first-order chi connectivity index (χ1) is 15.0. The average Bonchev–Trinajstić information content (AvgIpc) is 3.30. The highest BCUT2D eigenvalue weighted by Gasteiger charge is 2.32. The number of aromatic nitrogens is 2. The number of benzene rings is 2. The van der Waals surface area contributed by atoms with Crippen molar-refractivity contribution in [3.05, 3.63) is 54.4 Å². The molecule has 0 saturated carbocycles. The fraction of sp³-hybridized carbons (Fsp3) is 0.364. The van der Waals surface area contributed by atoms with Gasteiger partial charge in [-0.15, -0.1) is 10.2 Å². The summed E-state index contributed by atoms with van der Waals surface area (Å²) in [5.74, 6) is 2.36. The summed E-state index contributed by atoms with van der Waals surface area (Å²) in [4.78, 5) is 0.271. The van der Waals surface area contributed by atoms with Crippen LogP contribution in [0.25, 0.3) is 11.5 Å². The van der Waals surface area contributed by atoms with E-state index in [1.165, 1.54) is 4.31 Å². The second-order valence-corrected chi connectivity index (χ2v) is 9.20. The number of ether oxygens (including phenoxy) is 2. The van der Waals surface area contributed by atoms with Crippen LogP contribution >= 0.6 is 0 Å². The van der Waals surface area contributed by atoms with Gasteiger partial charge in [-0.3, -0.25) is 0 Å². The Labute approximate surface area is 181 Å². The molecule has 9 heteroatoms. The van der Waals surface area contributed by atoms with Crippen molar-refractivity contribution in [2.24, 2.45) is 0 Å². The smallest absolute Gasteiger partial charge is 0.247 e. The molecular formula is C22H25N3O5S. The van der Waals surface area contributed by atoms with Crippen LogP contribution in [0.3, 0.4) is 0 Å². The van der Waals surface area contributed by atoms with Crippen molar-refractivity contribution in [3.8, 4) is 23.0 Å². The van der Waals surface area contributed by atoms with E-state index in [0.717, 1.165) is 5.56 Å². The van der Waals surface area contributed by atoms with Crippen LogP contribution in [0.4, 0.5) is 0 Å². The van der Waals surface area contributed by atoms with Gasteiger partial charge in [-0.05, 0) is 62.2 Å². The molecular weight excluding hydrogens is 418 g/mol. The van der Waals surface area contributed by atoms with E-state index in [1.54, 1.807) is 31.4 Å². The van der Waals surface area contributed by atoms with Crippen LogP contribution in [-0.4, -0.2) is 49.7 Å². The molecule has 1 fully saturated rings. The Hall–Kier alpha value is -2.91. The number of hydrogen-bond donors (Lipinski definition) is 0. The molecule has 0 spiro atoms. The highest BCUT2D eigenvalue weighted by molar-refractivity contribution is 7.89. The Morgan fingerprint density at radius 1 is 1.06 bits per heavy atom. The van der Waals surface area contributed by atoms with Crippen LogP contribution in [0.5, 0.6) is 11.5 Å². The Bertz CT molecular complexity index is 1120. The predicted molar refractivity (Wildman–Crippen MR) is 115 cm³/mol. The van der Waals surface area contributed by atoms with Gasteiger partial charge in [0.15, 0.2) is 0 Å². The highest BCUT2D eigenvalue weighted by atomic mass is 32.2. The normalized spacial score (nSPS) is 15.7. The predicted octanol–water partition coefficient (Wildman–Crippen LogP) is 3.71. The maximum absolute atomic E-state index is 13.0. The van der Waals surface area contributed by atoms with Gasteiger partial charge in [0.05, 0.1) is 18.6 Å². The molecule has 1 aliphatic rings. The van der Waals surface area contributed by atoms with Gasteiger partial charge in [-0.25, -0.2) is 8.42 Å². The fourth-order valence-corrected chi connectivity index (χ4v) is 5.11. The van der Waals surface area contributed by atoms with Crippen molar-refractivity contribution in [1.29, 1.82) is 0 Å². The number of nitrogens with zero attached hydrogens (tertiary/aromatic N) is 3. The van der Waals surface area contributed by atoms with E-state index in [9.17, 15) is 8.42 Å². The van der Waals surface area contributed by atoms with Crippen LogP contribution in [0.1, 0.15) is 31.6 Å². The number of sulfonamides is 1. The lowest BCUT2D eigenvalue weighted by Gasteiger charge is -2.29. The van der Waals surface area contributed by atoms with Crippen molar-refractivity contribution >= 4 is 10.0 Å². The summed E-state index contributed by atoms with van der Waals surface area (Å²) in [5, 5.41) is 8.36. The molecule has 0 bridgehead atoms. The van der Waals surface area contributed by atoms with Crippen molar-refractivity contribution in [2.45, 2.75) is 30.6 Å². The Kier molecular flexibility index (Phi) is 6.24. The topological polar surface area (TPSA) is 94.8 Å². The van der Waals surface area contributed by atoms with Gasteiger partial charge >= 0.3 is 0 Å². The van der Waals surface area contributed by atoms with Crippen LogP contribution < -0.4 is 9.47 Å². The minimum Gasteiger partial charge on any atom is -0.497 e. The van der Waals surface area contributed by atoms with Gasteiger partial charge in [0.1, 0.15) is 11.5 Å². The molecule has 4 rings (SSSR count). The summed E-state index contributed by atoms with van der Waals surface area (Å²) in [7, 11) is -1.94. The first-order valence-corrected chi connectivity index (χ1v) is 11.7. The maximum atomic E-state index is 13.0. The second-order valence-electron chi connectivity index (χ2n) is 7.26. The molecule has 2 heterocycles. The zero-order chi connectivity index (χ0) is 21.8.